The molecule has 1 aromatic heterocycles. The van der Waals surface area contributed by atoms with Crippen molar-refractivity contribution < 1.29 is 32.6 Å². The van der Waals surface area contributed by atoms with Crippen molar-refractivity contribution >= 4 is 23.2 Å². The van der Waals surface area contributed by atoms with E-state index in [4.69, 9.17) is 4.74 Å². The fourth-order valence-corrected chi connectivity index (χ4v) is 2.64. The topological polar surface area (TPSA) is 101 Å². The summed E-state index contributed by atoms with van der Waals surface area (Å²) in [5, 5.41) is 15.0. The third-order valence-electron chi connectivity index (χ3n) is 4.17. The lowest BCUT2D eigenvalue weighted by Crippen LogP contribution is -2.16. The van der Waals surface area contributed by atoms with Crippen molar-refractivity contribution in [1.29, 1.82) is 0 Å². The number of aromatic hydroxyl groups is 1. The molecule has 0 aliphatic rings. The van der Waals surface area contributed by atoms with Crippen molar-refractivity contribution in [2.24, 2.45) is 0 Å². The molecule has 7 nitrogen and oxygen atoms in total. The van der Waals surface area contributed by atoms with E-state index in [-0.39, 0.29) is 28.4 Å². The van der Waals surface area contributed by atoms with Gasteiger partial charge in [-0.25, -0.2) is 4.98 Å². The summed E-state index contributed by atoms with van der Waals surface area (Å²) >= 11 is 0. The maximum absolute atomic E-state index is 12.6. The van der Waals surface area contributed by atoms with Gasteiger partial charge in [-0.15, -0.1) is 0 Å². The van der Waals surface area contributed by atoms with Crippen LogP contribution in [0.4, 0.5) is 24.5 Å². The van der Waals surface area contributed by atoms with Crippen LogP contribution in [0, 0.1) is 0 Å². The Bertz CT molecular complexity index is 1120. The summed E-state index contributed by atoms with van der Waals surface area (Å²) < 4.78 is 42.8. The summed E-state index contributed by atoms with van der Waals surface area (Å²) in [5.41, 5.74) is -0.517. The van der Waals surface area contributed by atoms with Gasteiger partial charge in [-0.1, -0.05) is 6.07 Å². The number of methoxy groups -OCH3 is 1. The Morgan fingerprint density at radius 1 is 0.968 bits per heavy atom. The highest BCUT2D eigenvalue weighted by Gasteiger charge is 2.30. The van der Waals surface area contributed by atoms with Gasteiger partial charge in [0.15, 0.2) is 17.2 Å². The number of benzene rings is 2. The Balaban J connectivity index is 1.72. The molecule has 0 saturated carbocycles. The normalized spacial score (nSPS) is 11.0. The van der Waals surface area contributed by atoms with Gasteiger partial charge in [0.05, 0.1) is 12.7 Å². The smallest absolute Gasteiger partial charge is 0.416 e. The highest BCUT2D eigenvalue weighted by atomic mass is 19.4. The largest absolute Gasteiger partial charge is 0.503 e. The number of carbonyl (C=O) groups excluding carboxylic acids is 2. The van der Waals surface area contributed by atoms with Crippen molar-refractivity contribution in [2.45, 2.75) is 6.18 Å². The molecule has 0 saturated heterocycles. The van der Waals surface area contributed by atoms with Crippen LogP contribution in [0.3, 0.4) is 0 Å². The number of alkyl halides is 3. The number of ether oxygens (including phenoxy) is 1. The summed E-state index contributed by atoms with van der Waals surface area (Å²) in [5.74, 6) is -1.67. The van der Waals surface area contributed by atoms with Crippen molar-refractivity contribution in [2.75, 3.05) is 17.7 Å². The molecule has 0 spiro atoms. The summed E-state index contributed by atoms with van der Waals surface area (Å²) in [6.07, 6.45) is -3.18. The average molecular weight is 431 g/mol. The third-order valence-corrected chi connectivity index (χ3v) is 4.17. The first kappa shape index (κ1) is 21.6. The van der Waals surface area contributed by atoms with Crippen LogP contribution in [0.1, 0.15) is 26.4 Å². The van der Waals surface area contributed by atoms with E-state index in [0.717, 1.165) is 24.3 Å². The predicted molar refractivity (Wildman–Crippen MR) is 106 cm³/mol. The summed E-state index contributed by atoms with van der Waals surface area (Å²) in [4.78, 5) is 28.7. The number of nitrogens with one attached hydrogen (secondary N) is 2. The van der Waals surface area contributed by atoms with Gasteiger partial charge in [0.25, 0.3) is 11.8 Å². The van der Waals surface area contributed by atoms with Gasteiger partial charge in [-0.2, -0.15) is 13.2 Å². The van der Waals surface area contributed by atoms with Gasteiger partial charge < -0.3 is 20.5 Å². The number of pyridine rings is 1. The minimum Gasteiger partial charge on any atom is -0.503 e. The molecule has 3 aromatic rings. The lowest BCUT2D eigenvalue weighted by atomic mass is 10.1. The molecule has 3 rings (SSSR count). The van der Waals surface area contributed by atoms with Gasteiger partial charge >= 0.3 is 6.18 Å². The second-order valence-corrected chi connectivity index (χ2v) is 6.27. The summed E-state index contributed by atoms with van der Waals surface area (Å²) in [7, 11) is 1.33. The molecular weight excluding hydrogens is 415 g/mol. The van der Waals surface area contributed by atoms with Gasteiger partial charge in [-0.3, -0.25) is 9.59 Å². The molecule has 0 fully saturated rings. The lowest BCUT2D eigenvalue weighted by Gasteiger charge is -2.11. The molecule has 10 heteroatoms. The molecular formula is C21H16F3N3O4. The summed E-state index contributed by atoms with van der Waals surface area (Å²) in [6, 6.07) is 11.3. The number of halogens is 3. The Labute approximate surface area is 174 Å². The number of nitrogens with zero attached hydrogens (tertiary/aromatic N) is 1. The van der Waals surface area contributed by atoms with Crippen LogP contribution in [0.5, 0.6) is 11.5 Å². The second-order valence-electron chi connectivity index (χ2n) is 6.27. The number of rotatable bonds is 5. The van der Waals surface area contributed by atoms with E-state index in [0.29, 0.717) is 0 Å². The first-order valence-electron chi connectivity index (χ1n) is 8.81. The maximum atomic E-state index is 12.6. The molecule has 31 heavy (non-hydrogen) atoms. The Hall–Kier alpha value is -4.08. The van der Waals surface area contributed by atoms with E-state index >= 15 is 0 Å². The first-order valence-corrected chi connectivity index (χ1v) is 8.81. The molecule has 3 N–H and O–H groups in total. The van der Waals surface area contributed by atoms with Crippen molar-refractivity contribution in [3.63, 3.8) is 0 Å². The molecule has 0 bridgehead atoms. The Morgan fingerprint density at radius 3 is 2.29 bits per heavy atom. The van der Waals surface area contributed by atoms with Crippen LogP contribution in [0.25, 0.3) is 0 Å². The highest BCUT2D eigenvalue weighted by molar-refractivity contribution is 6.07. The average Bonchev–Trinajstić information content (AvgIpc) is 2.73. The molecule has 160 valence electrons. The minimum atomic E-state index is -4.47. The summed E-state index contributed by atoms with van der Waals surface area (Å²) in [6.45, 7) is 0. The Kier molecular flexibility index (Phi) is 6.10. The maximum Gasteiger partial charge on any atom is 0.416 e. The Morgan fingerprint density at radius 2 is 1.65 bits per heavy atom. The van der Waals surface area contributed by atoms with Crippen LogP contribution in [-0.4, -0.2) is 29.0 Å². The fourth-order valence-electron chi connectivity index (χ4n) is 2.64. The molecule has 2 amide bonds. The molecule has 0 radical (unpaired) electrons. The molecule has 1 heterocycles. The van der Waals surface area contributed by atoms with Crippen LogP contribution < -0.4 is 15.4 Å². The quantitative estimate of drug-likeness (QED) is 0.559. The predicted octanol–water partition coefficient (Wildman–Crippen LogP) is 4.32. The third kappa shape index (κ3) is 5.10. The van der Waals surface area contributed by atoms with E-state index in [1.807, 2.05) is 0 Å². The standard InChI is InChI=1S/C21H16F3N3O4/c1-31-16-9-10-25-17(18(16)28)20(30)27-15-4-2-3-12(11-15)19(29)26-14-7-5-13(6-8-14)21(22,23)24/h2-11,28H,1H3,(H,26,29)(H,27,30). The monoisotopic (exact) mass is 431 g/mol. The van der Waals surface area contributed by atoms with E-state index in [1.165, 1.54) is 43.6 Å². The highest BCUT2D eigenvalue weighted by Crippen LogP contribution is 2.30. The number of amides is 2. The lowest BCUT2D eigenvalue weighted by molar-refractivity contribution is -0.137. The SMILES string of the molecule is COc1ccnc(C(=O)Nc2cccc(C(=O)Nc3ccc(C(F)(F)F)cc3)c2)c1O. The van der Waals surface area contributed by atoms with Gasteiger partial charge in [0, 0.05) is 29.2 Å². The van der Waals surface area contributed by atoms with Crippen molar-refractivity contribution in [3.8, 4) is 11.5 Å². The van der Waals surface area contributed by atoms with E-state index < -0.39 is 29.3 Å². The molecule has 0 unspecified atom stereocenters. The number of carbonyl (C=O) groups is 2. The van der Waals surface area contributed by atoms with Gasteiger partial charge in [-0.05, 0) is 42.5 Å². The molecule has 0 aliphatic carbocycles. The zero-order valence-corrected chi connectivity index (χ0v) is 16.0. The second kappa shape index (κ2) is 8.74. The number of anilines is 2. The van der Waals surface area contributed by atoms with Crippen molar-refractivity contribution in [1.82, 2.24) is 4.98 Å². The zero-order valence-electron chi connectivity index (χ0n) is 16.0. The molecule has 0 atom stereocenters. The number of aromatic nitrogens is 1. The van der Waals surface area contributed by atoms with Crippen LogP contribution in [-0.2, 0) is 6.18 Å². The fraction of sp³-hybridized carbons (Fsp3) is 0.0952. The number of hydrogen-bond acceptors (Lipinski definition) is 5. The van der Waals surface area contributed by atoms with Crippen molar-refractivity contribution in [3.05, 3.63) is 77.6 Å². The van der Waals surface area contributed by atoms with Crippen LogP contribution in [0.15, 0.2) is 60.8 Å². The van der Waals surface area contributed by atoms with E-state index in [1.54, 1.807) is 0 Å². The first-order chi connectivity index (χ1) is 14.7. The minimum absolute atomic E-state index is 0.0739. The van der Waals surface area contributed by atoms with Crippen LogP contribution in [0.2, 0.25) is 0 Å². The molecule has 0 aliphatic heterocycles. The van der Waals surface area contributed by atoms with E-state index in [2.05, 4.69) is 15.6 Å². The van der Waals surface area contributed by atoms with Gasteiger partial charge in [0.2, 0.25) is 0 Å². The molecule has 2 aromatic carbocycles. The van der Waals surface area contributed by atoms with Gasteiger partial charge in [0.1, 0.15) is 0 Å². The van der Waals surface area contributed by atoms with Crippen LogP contribution >= 0.6 is 0 Å². The van der Waals surface area contributed by atoms with E-state index in [9.17, 15) is 27.9 Å². The number of hydrogen-bond donors (Lipinski definition) is 3. The zero-order chi connectivity index (χ0) is 22.6.